The number of fused-ring (bicyclic) bond motifs is 1. The molecule has 5 aromatic rings. The van der Waals surface area contributed by atoms with Crippen LogP contribution in [0.3, 0.4) is 0 Å². The molecule has 228 valence electrons. The van der Waals surface area contributed by atoms with E-state index in [4.69, 9.17) is 10.5 Å². The molecule has 5 heterocycles. The number of carbonyl (C=O) groups is 3. The Hall–Kier alpha value is -5.63. The molecule has 0 saturated carbocycles. The number of rotatable bonds is 6. The van der Waals surface area contributed by atoms with Crippen molar-refractivity contribution in [2.45, 2.75) is 25.8 Å². The SMILES string of the molecule is Cc1cc2cc(C(=O)c3cnn(-c4cnc(Oc5c(F)cccc5F)cc4C)c3N)[nH]c2cc1N1C(=O)NC2(CCNC2)C1=O. The van der Waals surface area contributed by atoms with Gasteiger partial charge in [-0.25, -0.2) is 28.1 Å². The van der Waals surface area contributed by atoms with Gasteiger partial charge < -0.3 is 26.1 Å². The van der Waals surface area contributed by atoms with Gasteiger partial charge in [-0.2, -0.15) is 5.10 Å². The zero-order chi connectivity index (χ0) is 31.6. The molecule has 12 nitrogen and oxygen atoms in total. The van der Waals surface area contributed by atoms with E-state index in [2.05, 4.69) is 25.7 Å². The highest BCUT2D eigenvalue weighted by molar-refractivity contribution is 6.24. The van der Waals surface area contributed by atoms with Crippen LogP contribution in [0.1, 0.15) is 33.6 Å². The summed E-state index contributed by atoms with van der Waals surface area (Å²) in [6.07, 6.45) is 3.21. The van der Waals surface area contributed by atoms with Crippen molar-refractivity contribution in [3.05, 3.63) is 88.9 Å². The minimum Gasteiger partial charge on any atom is -0.433 e. The number of aromatic amines is 1. The summed E-state index contributed by atoms with van der Waals surface area (Å²) in [5.74, 6) is -3.05. The molecular formula is C31H26F2N8O4. The summed E-state index contributed by atoms with van der Waals surface area (Å²) in [5, 5.41) is 11.0. The standard InChI is InChI=1S/C31H26F2N8O4/c1-15-8-17-10-22(38-21(17)11-23(15)40-29(43)31(39-30(40)44)6-7-35-14-31)26(42)18-12-37-41(28(18)34)24-13-36-25(9-16(24)2)45-27-19(32)4-3-5-20(27)33/h3-5,8-13,35,38H,6-7,14,34H2,1-2H3,(H,39,44). The van der Waals surface area contributed by atoms with Crippen LogP contribution in [-0.2, 0) is 4.79 Å². The predicted molar refractivity (Wildman–Crippen MR) is 160 cm³/mol. The fourth-order valence-electron chi connectivity index (χ4n) is 5.82. The lowest BCUT2D eigenvalue weighted by Crippen LogP contribution is -2.48. The summed E-state index contributed by atoms with van der Waals surface area (Å²) in [6, 6.07) is 9.51. The normalized spacial score (nSPS) is 17.9. The van der Waals surface area contributed by atoms with Crippen LogP contribution >= 0.6 is 0 Å². The van der Waals surface area contributed by atoms with E-state index in [-0.39, 0.29) is 28.9 Å². The maximum atomic E-state index is 14.0. The number of urea groups is 1. The molecule has 1 unspecified atom stereocenters. The number of anilines is 2. The van der Waals surface area contributed by atoms with Gasteiger partial charge in [-0.1, -0.05) is 6.07 Å². The highest BCUT2D eigenvalue weighted by Crippen LogP contribution is 2.34. The lowest BCUT2D eigenvalue weighted by molar-refractivity contribution is -0.121. The number of imide groups is 1. The van der Waals surface area contributed by atoms with Crippen LogP contribution in [0.15, 0.2) is 54.9 Å². The number of ether oxygens (including phenoxy) is 1. The number of nitrogens with one attached hydrogen (secondary N) is 3. The molecule has 0 aliphatic carbocycles. The third-order valence-corrected chi connectivity index (χ3v) is 8.20. The van der Waals surface area contributed by atoms with Crippen LogP contribution in [0.5, 0.6) is 11.6 Å². The van der Waals surface area contributed by atoms with E-state index in [0.717, 1.165) is 17.0 Å². The molecule has 2 fully saturated rings. The fraction of sp³-hybridized carbons (Fsp3) is 0.194. The number of para-hydroxylation sites is 1. The monoisotopic (exact) mass is 612 g/mol. The number of hydrogen-bond donors (Lipinski definition) is 4. The maximum absolute atomic E-state index is 14.0. The summed E-state index contributed by atoms with van der Waals surface area (Å²) in [6.45, 7) is 4.50. The second-order valence-corrected chi connectivity index (χ2v) is 11.1. The minimum absolute atomic E-state index is 0.0433. The number of hydrogen-bond acceptors (Lipinski definition) is 8. The number of carbonyl (C=O) groups excluding carboxylic acids is 3. The van der Waals surface area contributed by atoms with Crippen LogP contribution in [0.2, 0.25) is 0 Å². The third kappa shape index (κ3) is 4.49. The van der Waals surface area contributed by atoms with Gasteiger partial charge in [-0.3, -0.25) is 9.59 Å². The molecule has 14 heteroatoms. The van der Waals surface area contributed by atoms with Crippen LogP contribution < -0.4 is 26.0 Å². The van der Waals surface area contributed by atoms with Crippen LogP contribution in [0.25, 0.3) is 16.6 Å². The predicted octanol–water partition coefficient (Wildman–Crippen LogP) is 4.04. The summed E-state index contributed by atoms with van der Waals surface area (Å²) in [4.78, 5) is 48.2. The molecule has 2 aliphatic rings. The van der Waals surface area contributed by atoms with Gasteiger partial charge in [0.25, 0.3) is 5.91 Å². The van der Waals surface area contributed by atoms with Gasteiger partial charge in [-0.15, -0.1) is 0 Å². The van der Waals surface area contributed by atoms with Crippen molar-refractivity contribution in [2.75, 3.05) is 23.7 Å². The highest BCUT2D eigenvalue weighted by Gasteiger charge is 2.53. The topological polar surface area (TPSA) is 160 Å². The number of nitrogen functional groups attached to an aromatic ring is 1. The fourth-order valence-corrected chi connectivity index (χ4v) is 5.82. The van der Waals surface area contributed by atoms with E-state index >= 15 is 0 Å². The van der Waals surface area contributed by atoms with Gasteiger partial charge in [0.05, 0.1) is 35.0 Å². The molecule has 2 saturated heterocycles. The molecule has 1 spiro atoms. The van der Waals surface area contributed by atoms with Crippen molar-refractivity contribution < 1.29 is 27.9 Å². The zero-order valence-electron chi connectivity index (χ0n) is 24.1. The van der Waals surface area contributed by atoms with Gasteiger partial charge in [0.15, 0.2) is 11.6 Å². The molecule has 2 aromatic carbocycles. The Morgan fingerprint density at radius 3 is 2.51 bits per heavy atom. The number of aromatic nitrogens is 4. The van der Waals surface area contributed by atoms with Gasteiger partial charge in [0, 0.05) is 23.5 Å². The van der Waals surface area contributed by atoms with Crippen molar-refractivity contribution >= 4 is 40.1 Å². The minimum atomic E-state index is -0.952. The number of aryl methyl sites for hydroxylation is 2. The Bertz CT molecular complexity index is 2040. The number of H-pyrrole nitrogens is 1. The Balaban J connectivity index is 1.16. The Labute approximate surface area is 254 Å². The van der Waals surface area contributed by atoms with Crippen molar-refractivity contribution in [2.24, 2.45) is 0 Å². The zero-order valence-corrected chi connectivity index (χ0v) is 24.1. The summed E-state index contributed by atoms with van der Waals surface area (Å²) < 4.78 is 34.7. The van der Waals surface area contributed by atoms with Gasteiger partial charge in [0.2, 0.25) is 17.4 Å². The average molecular weight is 613 g/mol. The molecule has 3 aromatic heterocycles. The second-order valence-electron chi connectivity index (χ2n) is 11.1. The Morgan fingerprint density at radius 1 is 1.04 bits per heavy atom. The molecule has 45 heavy (non-hydrogen) atoms. The van der Waals surface area contributed by atoms with E-state index in [0.29, 0.717) is 52.9 Å². The summed E-state index contributed by atoms with van der Waals surface area (Å²) in [5.41, 5.74) is 8.42. The molecule has 3 amide bonds. The van der Waals surface area contributed by atoms with E-state index in [9.17, 15) is 23.2 Å². The summed E-state index contributed by atoms with van der Waals surface area (Å²) in [7, 11) is 0. The molecule has 0 radical (unpaired) electrons. The highest BCUT2D eigenvalue weighted by atomic mass is 19.1. The number of nitrogens with zero attached hydrogens (tertiary/aromatic N) is 4. The smallest absolute Gasteiger partial charge is 0.329 e. The first-order chi connectivity index (χ1) is 21.6. The average Bonchev–Trinajstić information content (AvgIpc) is 3.78. The van der Waals surface area contributed by atoms with Crippen molar-refractivity contribution in [1.82, 2.24) is 30.4 Å². The van der Waals surface area contributed by atoms with Crippen LogP contribution in [0, 0.1) is 25.5 Å². The second kappa shape index (κ2) is 10.2. The van der Waals surface area contributed by atoms with Gasteiger partial charge in [0.1, 0.15) is 11.4 Å². The van der Waals surface area contributed by atoms with E-state index in [1.165, 1.54) is 29.2 Å². The molecule has 0 bridgehead atoms. The van der Waals surface area contributed by atoms with Gasteiger partial charge >= 0.3 is 6.03 Å². The lowest BCUT2D eigenvalue weighted by atomic mass is 9.98. The van der Waals surface area contributed by atoms with Crippen molar-refractivity contribution in [3.8, 4) is 17.3 Å². The number of halogens is 2. The number of benzene rings is 2. The first-order valence-corrected chi connectivity index (χ1v) is 14.0. The number of nitrogens with two attached hydrogens (primary N) is 1. The molecule has 2 aliphatic heterocycles. The van der Waals surface area contributed by atoms with Crippen molar-refractivity contribution in [3.63, 3.8) is 0 Å². The number of pyridine rings is 1. The quantitative estimate of drug-likeness (QED) is 0.165. The van der Waals surface area contributed by atoms with E-state index in [1.54, 1.807) is 32.0 Å². The maximum Gasteiger partial charge on any atom is 0.329 e. The molecule has 5 N–H and O–H groups in total. The largest absolute Gasteiger partial charge is 0.433 e. The number of amides is 3. The van der Waals surface area contributed by atoms with Gasteiger partial charge in [-0.05, 0) is 68.3 Å². The van der Waals surface area contributed by atoms with Crippen LogP contribution in [-0.4, -0.2) is 56.1 Å². The first-order valence-electron chi connectivity index (χ1n) is 14.0. The molecule has 7 rings (SSSR count). The first kappa shape index (κ1) is 28.2. The van der Waals surface area contributed by atoms with Crippen LogP contribution in [0.4, 0.5) is 25.1 Å². The molecule has 1 atom stereocenters. The Morgan fingerprint density at radius 2 is 1.80 bits per heavy atom. The lowest BCUT2D eigenvalue weighted by Gasteiger charge is -2.20. The Kier molecular flexibility index (Phi) is 6.40. The van der Waals surface area contributed by atoms with E-state index < -0.39 is 34.7 Å². The van der Waals surface area contributed by atoms with Crippen molar-refractivity contribution in [1.29, 1.82) is 0 Å². The molecular weight excluding hydrogens is 586 g/mol. The third-order valence-electron chi connectivity index (χ3n) is 8.20. The number of ketones is 1. The van der Waals surface area contributed by atoms with E-state index in [1.807, 2.05) is 0 Å². The summed E-state index contributed by atoms with van der Waals surface area (Å²) >= 11 is 0.